The fourth-order valence-electron chi connectivity index (χ4n) is 2.42. The highest BCUT2D eigenvalue weighted by Gasteiger charge is 2.22. The van der Waals surface area contributed by atoms with Crippen LogP contribution in [-0.2, 0) is 17.2 Å². The number of imidazole rings is 1. The van der Waals surface area contributed by atoms with Gasteiger partial charge in [0.1, 0.15) is 5.82 Å². The van der Waals surface area contributed by atoms with Crippen LogP contribution in [0, 0.1) is 0 Å². The molecule has 1 saturated carbocycles. The van der Waals surface area contributed by atoms with Crippen LogP contribution in [0.15, 0.2) is 22.7 Å². The van der Waals surface area contributed by atoms with Gasteiger partial charge in [0.25, 0.3) is 0 Å². The molecule has 6 heteroatoms. The maximum Gasteiger partial charge on any atom is 0.220 e. The summed E-state index contributed by atoms with van der Waals surface area (Å²) in [4.78, 5) is 16.3. The van der Waals surface area contributed by atoms with Gasteiger partial charge in [-0.15, -0.1) is 11.6 Å². The van der Waals surface area contributed by atoms with Crippen LogP contribution in [0.1, 0.15) is 31.5 Å². The van der Waals surface area contributed by atoms with Crippen LogP contribution < -0.4 is 5.32 Å². The van der Waals surface area contributed by atoms with Gasteiger partial charge >= 0.3 is 0 Å². The predicted molar refractivity (Wildman–Crippen MR) is 87.4 cm³/mol. The molecule has 3 rings (SSSR count). The zero-order valence-corrected chi connectivity index (χ0v) is 14.0. The number of carbonyl (C=O) groups is 1. The second-order valence-corrected chi connectivity index (χ2v) is 6.57. The summed E-state index contributed by atoms with van der Waals surface area (Å²) >= 11 is 9.47. The van der Waals surface area contributed by atoms with Gasteiger partial charge in [-0.1, -0.05) is 15.9 Å². The third-order valence-electron chi connectivity index (χ3n) is 3.64. The molecule has 2 aromatic rings. The van der Waals surface area contributed by atoms with E-state index >= 15 is 0 Å². The summed E-state index contributed by atoms with van der Waals surface area (Å²) in [6.45, 7) is 0.757. The molecular formula is C15H17BrClN3O. The molecular weight excluding hydrogens is 354 g/mol. The van der Waals surface area contributed by atoms with Gasteiger partial charge in [0.15, 0.2) is 0 Å². The van der Waals surface area contributed by atoms with Gasteiger partial charge in [-0.3, -0.25) is 4.79 Å². The average molecular weight is 371 g/mol. The van der Waals surface area contributed by atoms with Crippen molar-refractivity contribution in [2.24, 2.45) is 0 Å². The molecule has 0 bridgehead atoms. The number of hydrogen-bond donors (Lipinski definition) is 1. The molecule has 0 aliphatic heterocycles. The predicted octanol–water partition coefficient (Wildman–Crippen LogP) is 3.60. The lowest BCUT2D eigenvalue weighted by Gasteiger charge is -2.08. The number of fused-ring (bicyclic) bond motifs is 1. The van der Waals surface area contributed by atoms with Crippen molar-refractivity contribution in [3.63, 3.8) is 0 Å². The van der Waals surface area contributed by atoms with Crippen molar-refractivity contribution in [2.45, 2.75) is 44.1 Å². The van der Waals surface area contributed by atoms with E-state index in [0.29, 0.717) is 18.3 Å². The van der Waals surface area contributed by atoms with Crippen LogP contribution >= 0.6 is 27.5 Å². The highest BCUT2D eigenvalue weighted by atomic mass is 79.9. The Hall–Kier alpha value is -1.07. The summed E-state index contributed by atoms with van der Waals surface area (Å²) in [5, 5.41) is 3.01. The van der Waals surface area contributed by atoms with Gasteiger partial charge in [-0.05, 0) is 37.5 Å². The van der Waals surface area contributed by atoms with E-state index in [-0.39, 0.29) is 5.91 Å². The minimum absolute atomic E-state index is 0.149. The van der Waals surface area contributed by atoms with Gasteiger partial charge in [0, 0.05) is 23.5 Å². The Balaban J connectivity index is 1.69. The first-order valence-corrected chi connectivity index (χ1v) is 8.50. The average Bonchev–Trinajstić information content (AvgIpc) is 3.20. The molecule has 0 unspecified atom stereocenters. The first kappa shape index (κ1) is 14.9. The van der Waals surface area contributed by atoms with Gasteiger partial charge < -0.3 is 9.88 Å². The van der Waals surface area contributed by atoms with E-state index in [4.69, 9.17) is 11.6 Å². The number of rotatable bonds is 6. The second kappa shape index (κ2) is 6.36. The molecule has 112 valence electrons. The van der Waals surface area contributed by atoms with E-state index in [9.17, 15) is 4.79 Å². The topological polar surface area (TPSA) is 46.9 Å². The summed E-state index contributed by atoms with van der Waals surface area (Å²) in [5.41, 5.74) is 2.00. The van der Waals surface area contributed by atoms with E-state index < -0.39 is 0 Å². The molecule has 21 heavy (non-hydrogen) atoms. The van der Waals surface area contributed by atoms with Gasteiger partial charge in [0.05, 0.1) is 16.9 Å². The Bertz CT molecular complexity index is 666. The highest BCUT2D eigenvalue weighted by molar-refractivity contribution is 9.10. The van der Waals surface area contributed by atoms with Crippen molar-refractivity contribution < 1.29 is 4.79 Å². The van der Waals surface area contributed by atoms with Crippen molar-refractivity contribution in [3.8, 4) is 0 Å². The quantitative estimate of drug-likeness (QED) is 0.790. The van der Waals surface area contributed by atoms with Crippen molar-refractivity contribution in [2.75, 3.05) is 0 Å². The molecule has 1 aromatic carbocycles. The number of alkyl halides is 1. The van der Waals surface area contributed by atoms with Gasteiger partial charge in [-0.2, -0.15) is 0 Å². The molecule has 0 radical (unpaired) electrons. The van der Waals surface area contributed by atoms with Crippen LogP contribution in [0.3, 0.4) is 0 Å². The molecule has 1 N–H and O–H groups in total. The van der Waals surface area contributed by atoms with E-state index in [2.05, 4.69) is 30.8 Å². The molecule has 0 atom stereocenters. The van der Waals surface area contributed by atoms with Crippen LogP contribution in [0.25, 0.3) is 11.0 Å². The van der Waals surface area contributed by atoms with Crippen molar-refractivity contribution in [1.82, 2.24) is 14.9 Å². The smallest absolute Gasteiger partial charge is 0.220 e. The molecule has 1 amide bonds. The minimum Gasteiger partial charge on any atom is -0.353 e. The lowest BCUT2D eigenvalue weighted by molar-refractivity contribution is -0.121. The van der Waals surface area contributed by atoms with Crippen LogP contribution in [0.4, 0.5) is 0 Å². The fraction of sp³-hybridized carbons (Fsp3) is 0.467. The molecule has 0 saturated heterocycles. The summed E-state index contributed by atoms with van der Waals surface area (Å²) in [7, 11) is 0. The highest BCUT2D eigenvalue weighted by Crippen LogP contribution is 2.23. The number of nitrogens with zero attached hydrogens (tertiary/aromatic N) is 2. The Morgan fingerprint density at radius 3 is 3.00 bits per heavy atom. The van der Waals surface area contributed by atoms with Gasteiger partial charge in [0.2, 0.25) is 5.91 Å². The summed E-state index contributed by atoms with van der Waals surface area (Å²) in [5.74, 6) is 1.38. The lowest BCUT2D eigenvalue weighted by Crippen LogP contribution is -2.25. The lowest BCUT2D eigenvalue weighted by atomic mass is 10.2. The normalized spacial score (nSPS) is 14.6. The zero-order valence-electron chi connectivity index (χ0n) is 11.6. The SMILES string of the molecule is O=C(CCCn1c(CCl)nc2ccc(Br)cc21)NC1CC1. The molecule has 0 spiro atoms. The number of halogens is 2. The Labute approximate surface area is 137 Å². The number of carbonyl (C=O) groups excluding carboxylic acids is 1. The largest absolute Gasteiger partial charge is 0.353 e. The number of nitrogens with one attached hydrogen (secondary N) is 1. The summed E-state index contributed by atoms with van der Waals surface area (Å²) in [6.07, 6.45) is 3.59. The van der Waals surface area contributed by atoms with Crippen LogP contribution in [0.2, 0.25) is 0 Å². The second-order valence-electron chi connectivity index (χ2n) is 5.39. The maximum absolute atomic E-state index is 11.7. The fourth-order valence-corrected chi connectivity index (χ4v) is 2.98. The Morgan fingerprint density at radius 1 is 1.48 bits per heavy atom. The third-order valence-corrected chi connectivity index (χ3v) is 4.37. The maximum atomic E-state index is 11.7. The van der Waals surface area contributed by atoms with E-state index in [1.165, 1.54) is 0 Å². The molecule has 1 aliphatic rings. The Morgan fingerprint density at radius 2 is 2.29 bits per heavy atom. The van der Waals surface area contributed by atoms with Gasteiger partial charge in [-0.25, -0.2) is 4.98 Å². The molecule has 1 heterocycles. The Kier molecular flexibility index (Phi) is 4.50. The standard InChI is InChI=1S/C15H17BrClN3O/c16-10-3-6-12-13(8-10)20(14(9-17)19-12)7-1-2-15(21)18-11-4-5-11/h3,6,8,11H,1-2,4-5,7,9H2,(H,18,21). The molecule has 1 aromatic heterocycles. The number of benzene rings is 1. The van der Waals surface area contributed by atoms with E-state index in [1.54, 1.807) is 0 Å². The van der Waals surface area contributed by atoms with Crippen LogP contribution in [-0.4, -0.2) is 21.5 Å². The minimum atomic E-state index is 0.149. The number of hydrogen-bond acceptors (Lipinski definition) is 2. The first-order chi connectivity index (χ1) is 10.2. The number of aryl methyl sites for hydroxylation is 1. The third kappa shape index (κ3) is 3.58. The molecule has 1 aliphatic carbocycles. The first-order valence-electron chi connectivity index (χ1n) is 7.17. The van der Waals surface area contributed by atoms with E-state index in [0.717, 1.165) is 47.1 Å². The summed E-state index contributed by atoms with van der Waals surface area (Å²) in [6, 6.07) is 6.43. The van der Waals surface area contributed by atoms with E-state index in [1.807, 2.05) is 18.2 Å². The van der Waals surface area contributed by atoms with Crippen LogP contribution in [0.5, 0.6) is 0 Å². The summed E-state index contributed by atoms with van der Waals surface area (Å²) < 4.78 is 3.13. The monoisotopic (exact) mass is 369 g/mol. The molecule has 4 nitrogen and oxygen atoms in total. The number of aromatic nitrogens is 2. The van der Waals surface area contributed by atoms with Crippen molar-refractivity contribution in [1.29, 1.82) is 0 Å². The van der Waals surface area contributed by atoms with Crippen molar-refractivity contribution >= 4 is 44.5 Å². The zero-order chi connectivity index (χ0) is 14.8. The van der Waals surface area contributed by atoms with Crippen molar-refractivity contribution in [3.05, 3.63) is 28.5 Å². The molecule has 1 fully saturated rings. The number of amides is 1.